The second-order valence-electron chi connectivity index (χ2n) is 7.12. The van der Waals surface area contributed by atoms with Gasteiger partial charge in [-0.25, -0.2) is 0 Å². The summed E-state index contributed by atoms with van der Waals surface area (Å²) in [4.78, 5) is 9.10. The van der Waals surface area contributed by atoms with Gasteiger partial charge in [0.05, 0.1) is 13.7 Å². The lowest BCUT2D eigenvalue weighted by Crippen LogP contribution is -2.52. The molecule has 1 aromatic heterocycles. The fourth-order valence-corrected chi connectivity index (χ4v) is 3.62. The molecular weight excluding hydrogens is 505 g/mol. The van der Waals surface area contributed by atoms with E-state index in [2.05, 4.69) is 37.4 Å². The van der Waals surface area contributed by atoms with E-state index in [-0.39, 0.29) is 24.0 Å². The molecule has 1 aliphatic heterocycles. The number of hydrogen-bond acceptors (Lipinski definition) is 5. The van der Waals surface area contributed by atoms with E-state index in [4.69, 9.17) is 9.26 Å². The average Bonchev–Trinajstić information content (AvgIpc) is 3.30. The second-order valence-corrected chi connectivity index (χ2v) is 7.12. The number of methoxy groups -OCH3 is 1. The summed E-state index contributed by atoms with van der Waals surface area (Å²) in [5.74, 6) is 2.54. The number of piperazine rings is 1. The topological polar surface area (TPSA) is 66.1 Å². The van der Waals surface area contributed by atoms with E-state index in [1.807, 2.05) is 55.6 Å². The highest BCUT2D eigenvalue weighted by Gasteiger charge is 2.20. The first-order valence-corrected chi connectivity index (χ1v) is 10.1. The summed E-state index contributed by atoms with van der Waals surface area (Å²) in [5, 5.41) is 7.59. The van der Waals surface area contributed by atoms with Crippen LogP contribution in [0, 0.1) is 0 Å². The van der Waals surface area contributed by atoms with Crippen LogP contribution in [-0.2, 0) is 6.54 Å². The van der Waals surface area contributed by atoms with Gasteiger partial charge in [-0.2, -0.15) is 0 Å². The molecule has 2 aromatic carbocycles. The van der Waals surface area contributed by atoms with Gasteiger partial charge in [0.25, 0.3) is 0 Å². The van der Waals surface area contributed by atoms with Crippen molar-refractivity contribution in [3.8, 4) is 17.1 Å². The predicted molar refractivity (Wildman–Crippen MR) is 134 cm³/mol. The lowest BCUT2D eigenvalue weighted by molar-refractivity contribution is 0.370. The molecule has 0 spiro atoms. The summed E-state index contributed by atoms with van der Waals surface area (Å²) in [6.07, 6.45) is 0. The number of guanidine groups is 1. The molecule has 0 saturated carbocycles. The highest BCUT2D eigenvalue weighted by Crippen LogP contribution is 2.22. The van der Waals surface area contributed by atoms with Crippen LogP contribution in [0.2, 0.25) is 0 Å². The van der Waals surface area contributed by atoms with Gasteiger partial charge in [-0.15, -0.1) is 24.0 Å². The molecular formula is C23H28IN5O2. The molecule has 0 atom stereocenters. The lowest BCUT2D eigenvalue weighted by Gasteiger charge is -2.37. The third-order valence-corrected chi connectivity index (χ3v) is 5.25. The maximum Gasteiger partial charge on any atom is 0.194 e. The number of anilines is 1. The minimum atomic E-state index is 0. The van der Waals surface area contributed by atoms with Gasteiger partial charge >= 0.3 is 0 Å². The van der Waals surface area contributed by atoms with Crippen molar-refractivity contribution >= 4 is 35.6 Å². The Kier molecular flexibility index (Phi) is 8.16. The second kappa shape index (κ2) is 11.0. The minimum absolute atomic E-state index is 0. The molecule has 1 fully saturated rings. The molecule has 1 saturated heterocycles. The summed E-state index contributed by atoms with van der Waals surface area (Å²) < 4.78 is 10.8. The van der Waals surface area contributed by atoms with Crippen molar-refractivity contribution in [1.82, 2.24) is 15.4 Å². The number of benzene rings is 2. The number of nitrogens with one attached hydrogen (secondary N) is 1. The first-order chi connectivity index (χ1) is 14.8. The Morgan fingerprint density at radius 3 is 2.55 bits per heavy atom. The van der Waals surface area contributed by atoms with Crippen LogP contribution in [0.3, 0.4) is 0 Å². The summed E-state index contributed by atoms with van der Waals surface area (Å²) in [5.41, 5.74) is 3.06. The van der Waals surface area contributed by atoms with Crippen LogP contribution in [0.15, 0.2) is 70.2 Å². The van der Waals surface area contributed by atoms with Gasteiger partial charge in [0.2, 0.25) is 0 Å². The molecule has 0 aliphatic carbocycles. The lowest BCUT2D eigenvalue weighted by atomic mass is 10.2. The molecule has 0 radical (unpaired) electrons. The van der Waals surface area contributed by atoms with Crippen LogP contribution in [-0.4, -0.2) is 56.4 Å². The molecule has 31 heavy (non-hydrogen) atoms. The smallest absolute Gasteiger partial charge is 0.194 e. The van der Waals surface area contributed by atoms with E-state index in [0.717, 1.165) is 54.9 Å². The molecule has 2 heterocycles. The molecule has 3 aromatic rings. The van der Waals surface area contributed by atoms with Gasteiger partial charge in [-0.05, 0) is 12.1 Å². The number of halogens is 1. The molecule has 1 N–H and O–H groups in total. The number of aliphatic imine (C=N–C) groups is 1. The average molecular weight is 533 g/mol. The summed E-state index contributed by atoms with van der Waals surface area (Å²) in [6, 6.07) is 20.2. The number of nitrogens with zero attached hydrogens (tertiary/aromatic N) is 4. The molecule has 7 nitrogen and oxygen atoms in total. The van der Waals surface area contributed by atoms with E-state index in [0.29, 0.717) is 6.54 Å². The van der Waals surface area contributed by atoms with Crippen LogP contribution in [0.4, 0.5) is 5.69 Å². The van der Waals surface area contributed by atoms with Crippen molar-refractivity contribution in [2.24, 2.45) is 4.99 Å². The van der Waals surface area contributed by atoms with Crippen molar-refractivity contribution in [1.29, 1.82) is 0 Å². The van der Waals surface area contributed by atoms with E-state index in [1.165, 1.54) is 5.69 Å². The molecule has 0 bridgehead atoms. The third kappa shape index (κ3) is 5.69. The van der Waals surface area contributed by atoms with Gasteiger partial charge in [-0.1, -0.05) is 41.6 Å². The van der Waals surface area contributed by atoms with E-state index in [9.17, 15) is 0 Å². The van der Waals surface area contributed by atoms with Crippen LogP contribution >= 0.6 is 24.0 Å². The predicted octanol–water partition coefficient (Wildman–Crippen LogP) is 3.87. The highest BCUT2D eigenvalue weighted by molar-refractivity contribution is 14.0. The van der Waals surface area contributed by atoms with E-state index in [1.54, 1.807) is 7.11 Å². The van der Waals surface area contributed by atoms with Gasteiger partial charge in [0.15, 0.2) is 11.7 Å². The van der Waals surface area contributed by atoms with Crippen molar-refractivity contribution < 1.29 is 9.26 Å². The quantitative estimate of drug-likeness (QED) is 0.305. The molecule has 164 valence electrons. The fourth-order valence-electron chi connectivity index (χ4n) is 3.62. The first kappa shape index (κ1) is 22.9. The van der Waals surface area contributed by atoms with Crippen LogP contribution < -0.4 is 15.0 Å². The van der Waals surface area contributed by atoms with Gasteiger partial charge in [0, 0.05) is 56.6 Å². The molecule has 1 aliphatic rings. The zero-order valence-electron chi connectivity index (χ0n) is 17.8. The number of ether oxygens (including phenoxy) is 1. The maximum atomic E-state index is 5.48. The SMILES string of the molecule is CN=C(NCc1cc(-c2ccccc2)on1)N1CCN(c2cccc(OC)c2)CC1.I. The standard InChI is InChI=1S/C23H27N5O2.HI/c1-24-23(25-17-19-15-22(30-26-19)18-7-4-3-5-8-18)28-13-11-27(12-14-28)20-9-6-10-21(16-20)29-2;/h3-10,15-16H,11-14,17H2,1-2H3,(H,24,25);1H. The van der Waals surface area contributed by atoms with Crippen molar-refractivity contribution in [3.05, 3.63) is 66.4 Å². The first-order valence-electron chi connectivity index (χ1n) is 10.1. The Bertz CT molecular complexity index is 984. The van der Waals surface area contributed by atoms with Crippen molar-refractivity contribution in [2.45, 2.75) is 6.54 Å². The Morgan fingerprint density at radius 2 is 1.84 bits per heavy atom. The van der Waals surface area contributed by atoms with Gasteiger partial charge in [-0.3, -0.25) is 4.99 Å². The van der Waals surface area contributed by atoms with E-state index >= 15 is 0 Å². The fraction of sp³-hybridized carbons (Fsp3) is 0.304. The summed E-state index contributed by atoms with van der Waals surface area (Å²) in [7, 11) is 3.51. The van der Waals surface area contributed by atoms with Crippen LogP contribution in [0.1, 0.15) is 5.69 Å². The summed E-state index contributed by atoms with van der Waals surface area (Å²) in [6.45, 7) is 4.21. The van der Waals surface area contributed by atoms with Crippen LogP contribution in [0.5, 0.6) is 5.75 Å². The van der Waals surface area contributed by atoms with Gasteiger partial charge < -0.3 is 24.4 Å². The number of rotatable bonds is 5. The largest absolute Gasteiger partial charge is 0.497 e. The molecule has 4 rings (SSSR count). The highest BCUT2D eigenvalue weighted by atomic mass is 127. The zero-order valence-corrected chi connectivity index (χ0v) is 20.2. The molecule has 8 heteroatoms. The van der Waals surface area contributed by atoms with Crippen molar-refractivity contribution in [2.75, 3.05) is 45.2 Å². The Labute approximate surface area is 200 Å². The minimum Gasteiger partial charge on any atom is -0.497 e. The molecule has 0 amide bonds. The normalized spacial score (nSPS) is 14.2. The Hall–Kier alpha value is -2.75. The van der Waals surface area contributed by atoms with Gasteiger partial charge in [0.1, 0.15) is 11.4 Å². The zero-order chi connectivity index (χ0) is 20.8. The number of hydrogen-bond donors (Lipinski definition) is 1. The third-order valence-electron chi connectivity index (χ3n) is 5.25. The number of aromatic nitrogens is 1. The van der Waals surface area contributed by atoms with Crippen LogP contribution in [0.25, 0.3) is 11.3 Å². The maximum absolute atomic E-state index is 5.48. The van der Waals surface area contributed by atoms with Crippen molar-refractivity contribution in [3.63, 3.8) is 0 Å². The Balaban J connectivity index is 0.00000272. The summed E-state index contributed by atoms with van der Waals surface area (Å²) >= 11 is 0. The Morgan fingerprint density at radius 1 is 1.06 bits per heavy atom. The monoisotopic (exact) mass is 533 g/mol. The van der Waals surface area contributed by atoms with E-state index < -0.39 is 0 Å². The molecule has 0 unspecified atom stereocenters.